The number of halogens is 1. The molecule has 2 rings (SSSR count). The van der Waals surface area contributed by atoms with Crippen LogP contribution >= 0.6 is 11.6 Å². The van der Waals surface area contributed by atoms with Gasteiger partial charge in [-0.25, -0.2) is 9.78 Å². The highest BCUT2D eigenvalue weighted by Gasteiger charge is 2.28. The van der Waals surface area contributed by atoms with Gasteiger partial charge in [-0.15, -0.1) is 0 Å². The quantitative estimate of drug-likeness (QED) is 0.878. The van der Waals surface area contributed by atoms with Crippen LogP contribution in [-0.4, -0.2) is 22.6 Å². The molecule has 0 aliphatic heterocycles. The Labute approximate surface area is 111 Å². The SMILES string of the molecule is CC1(CNc2cc(C(=O)O)c(Cl)cn2)CCCC1. The molecule has 1 fully saturated rings. The van der Waals surface area contributed by atoms with Crippen LogP contribution in [0.25, 0.3) is 0 Å². The minimum atomic E-state index is -1.03. The maximum absolute atomic E-state index is 11.0. The molecule has 1 saturated carbocycles. The van der Waals surface area contributed by atoms with Crippen LogP contribution in [0.2, 0.25) is 5.02 Å². The number of carboxylic acid groups (broad SMARTS) is 1. The van der Waals surface area contributed by atoms with Gasteiger partial charge in [-0.3, -0.25) is 0 Å². The summed E-state index contributed by atoms with van der Waals surface area (Å²) in [4.78, 5) is 15.1. The molecule has 1 aliphatic carbocycles. The number of nitrogens with one attached hydrogen (secondary N) is 1. The molecule has 18 heavy (non-hydrogen) atoms. The third kappa shape index (κ3) is 2.93. The molecule has 0 unspecified atom stereocenters. The Balaban J connectivity index is 2.05. The molecular weight excluding hydrogens is 252 g/mol. The lowest BCUT2D eigenvalue weighted by Gasteiger charge is -2.24. The number of pyridine rings is 1. The van der Waals surface area contributed by atoms with Gasteiger partial charge in [0.15, 0.2) is 0 Å². The van der Waals surface area contributed by atoms with E-state index in [4.69, 9.17) is 16.7 Å². The van der Waals surface area contributed by atoms with E-state index in [0.29, 0.717) is 11.2 Å². The Kier molecular flexibility index (Phi) is 3.76. The predicted octanol–water partition coefficient (Wildman–Crippen LogP) is 3.43. The van der Waals surface area contributed by atoms with Gasteiger partial charge in [0.05, 0.1) is 10.6 Å². The lowest BCUT2D eigenvalue weighted by molar-refractivity contribution is 0.0697. The van der Waals surface area contributed by atoms with Gasteiger partial charge in [0.2, 0.25) is 0 Å². The zero-order valence-electron chi connectivity index (χ0n) is 10.4. The number of aromatic nitrogens is 1. The molecule has 0 radical (unpaired) electrons. The summed E-state index contributed by atoms with van der Waals surface area (Å²) in [7, 11) is 0. The van der Waals surface area contributed by atoms with E-state index in [2.05, 4.69) is 17.2 Å². The van der Waals surface area contributed by atoms with Crippen molar-refractivity contribution in [2.45, 2.75) is 32.6 Å². The third-order valence-electron chi connectivity index (χ3n) is 3.59. The first-order chi connectivity index (χ1) is 8.50. The number of carbonyl (C=O) groups is 1. The number of carboxylic acids is 1. The molecule has 5 heteroatoms. The first-order valence-corrected chi connectivity index (χ1v) is 6.51. The average Bonchev–Trinajstić information content (AvgIpc) is 2.75. The second-order valence-corrected chi connectivity index (χ2v) is 5.63. The van der Waals surface area contributed by atoms with Crippen molar-refractivity contribution >= 4 is 23.4 Å². The molecule has 0 aromatic carbocycles. The largest absolute Gasteiger partial charge is 0.478 e. The molecule has 0 spiro atoms. The molecular formula is C13H17ClN2O2. The molecule has 1 heterocycles. The van der Waals surface area contributed by atoms with Crippen molar-refractivity contribution < 1.29 is 9.90 Å². The average molecular weight is 269 g/mol. The van der Waals surface area contributed by atoms with Crippen LogP contribution in [0.15, 0.2) is 12.3 Å². The van der Waals surface area contributed by atoms with Crippen LogP contribution in [0, 0.1) is 5.41 Å². The second-order valence-electron chi connectivity index (χ2n) is 5.23. The molecule has 0 amide bonds. The summed E-state index contributed by atoms with van der Waals surface area (Å²) in [6.45, 7) is 3.07. The van der Waals surface area contributed by atoms with Crippen molar-refractivity contribution in [3.05, 3.63) is 22.8 Å². The highest BCUT2D eigenvalue weighted by molar-refractivity contribution is 6.33. The molecule has 1 aliphatic rings. The molecule has 1 aromatic heterocycles. The number of hydrogen-bond acceptors (Lipinski definition) is 3. The van der Waals surface area contributed by atoms with Gasteiger partial charge in [-0.05, 0) is 24.3 Å². The first kappa shape index (κ1) is 13.1. The normalized spacial score (nSPS) is 17.7. The van der Waals surface area contributed by atoms with Crippen LogP contribution in [0.1, 0.15) is 43.0 Å². The number of aromatic carboxylic acids is 1. The monoisotopic (exact) mass is 268 g/mol. The van der Waals surface area contributed by atoms with E-state index < -0.39 is 5.97 Å². The Morgan fingerprint density at radius 2 is 2.22 bits per heavy atom. The molecule has 0 saturated heterocycles. The van der Waals surface area contributed by atoms with E-state index in [1.54, 1.807) is 0 Å². The Hall–Kier alpha value is -1.29. The summed E-state index contributed by atoms with van der Waals surface area (Å²) in [6, 6.07) is 1.49. The van der Waals surface area contributed by atoms with Gasteiger partial charge in [-0.2, -0.15) is 0 Å². The molecule has 2 N–H and O–H groups in total. The van der Waals surface area contributed by atoms with Crippen molar-refractivity contribution in [3.63, 3.8) is 0 Å². The third-order valence-corrected chi connectivity index (χ3v) is 3.89. The standard InChI is InChI=1S/C13H17ClN2O2/c1-13(4-2-3-5-13)8-16-11-6-9(12(17)18)10(14)7-15-11/h6-7H,2-5,8H2,1H3,(H,15,16)(H,17,18). The van der Waals surface area contributed by atoms with E-state index in [9.17, 15) is 4.79 Å². The van der Waals surface area contributed by atoms with Crippen LogP contribution < -0.4 is 5.32 Å². The summed E-state index contributed by atoms with van der Waals surface area (Å²) in [6.07, 6.45) is 6.34. The summed E-state index contributed by atoms with van der Waals surface area (Å²) >= 11 is 5.77. The van der Waals surface area contributed by atoms with E-state index in [0.717, 1.165) is 6.54 Å². The highest BCUT2D eigenvalue weighted by atomic mass is 35.5. The van der Waals surface area contributed by atoms with Crippen molar-refractivity contribution in [1.82, 2.24) is 4.98 Å². The van der Waals surface area contributed by atoms with E-state index in [-0.39, 0.29) is 10.6 Å². The van der Waals surface area contributed by atoms with Gasteiger partial charge < -0.3 is 10.4 Å². The zero-order chi connectivity index (χ0) is 13.2. The van der Waals surface area contributed by atoms with Crippen molar-refractivity contribution in [2.24, 2.45) is 5.41 Å². The predicted molar refractivity (Wildman–Crippen MR) is 71.3 cm³/mol. The van der Waals surface area contributed by atoms with Crippen LogP contribution in [-0.2, 0) is 0 Å². The number of rotatable bonds is 4. The summed E-state index contributed by atoms with van der Waals surface area (Å²) in [5, 5.41) is 12.4. The second kappa shape index (κ2) is 5.14. The Morgan fingerprint density at radius 1 is 1.56 bits per heavy atom. The lowest BCUT2D eigenvalue weighted by atomic mass is 9.89. The smallest absolute Gasteiger partial charge is 0.337 e. The summed E-state index contributed by atoms with van der Waals surface area (Å²) in [5.74, 6) is -0.456. The topological polar surface area (TPSA) is 62.2 Å². The zero-order valence-corrected chi connectivity index (χ0v) is 11.1. The molecule has 0 bridgehead atoms. The van der Waals surface area contributed by atoms with Crippen molar-refractivity contribution in [1.29, 1.82) is 0 Å². The van der Waals surface area contributed by atoms with Gasteiger partial charge in [0.25, 0.3) is 0 Å². The van der Waals surface area contributed by atoms with E-state index >= 15 is 0 Å². The fourth-order valence-corrected chi connectivity index (χ4v) is 2.59. The number of hydrogen-bond donors (Lipinski definition) is 2. The number of anilines is 1. The summed E-state index contributed by atoms with van der Waals surface area (Å²) in [5.41, 5.74) is 0.385. The maximum atomic E-state index is 11.0. The van der Waals surface area contributed by atoms with Gasteiger partial charge in [0.1, 0.15) is 5.82 Å². The van der Waals surface area contributed by atoms with Crippen LogP contribution in [0.3, 0.4) is 0 Å². The van der Waals surface area contributed by atoms with Crippen molar-refractivity contribution in [2.75, 3.05) is 11.9 Å². The minimum Gasteiger partial charge on any atom is -0.478 e. The van der Waals surface area contributed by atoms with Gasteiger partial charge >= 0.3 is 5.97 Å². The minimum absolute atomic E-state index is 0.0886. The van der Waals surface area contributed by atoms with Crippen LogP contribution in [0.4, 0.5) is 5.82 Å². The Morgan fingerprint density at radius 3 is 2.83 bits per heavy atom. The molecule has 98 valence electrons. The molecule has 4 nitrogen and oxygen atoms in total. The van der Waals surface area contributed by atoms with E-state index in [1.807, 2.05) is 0 Å². The molecule has 0 atom stereocenters. The van der Waals surface area contributed by atoms with Crippen molar-refractivity contribution in [3.8, 4) is 0 Å². The van der Waals surface area contributed by atoms with E-state index in [1.165, 1.54) is 37.9 Å². The van der Waals surface area contributed by atoms with Gasteiger partial charge in [-0.1, -0.05) is 31.4 Å². The number of nitrogens with zero attached hydrogens (tertiary/aromatic N) is 1. The summed E-state index contributed by atoms with van der Waals surface area (Å²) < 4.78 is 0. The first-order valence-electron chi connectivity index (χ1n) is 6.13. The maximum Gasteiger partial charge on any atom is 0.337 e. The Bertz CT molecular complexity index is 456. The lowest BCUT2D eigenvalue weighted by Crippen LogP contribution is -2.23. The fourth-order valence-electron chi connectivity index (χ4n) is 2.41. The van der Waals surface area contributed by atoms with Gasteiger partial charge in [0, 0.05) is 12.7 Å². The fraction of sp³-hybridized carbons (Fsp3) is 0.538. The molecule has 1 aromatic rings. The highest BCUT2D eigenvalue weighted by Crippen LogP contribution is 2.37. The van der Waals surface area contributed by atoms with Crippen LogP contribution in [0.5, 0.6) is 0 Å².